The average molecular weight is 188 g/mol. The number of ether oxygens (including phenoxy) is 1. The number of benzene rings is 1. The number of pyridine rings is 1. The Balaban J connectivity index is 2.73. The predicted molar refractivity (Wildman–Crippen MR) is 57.8 cm³/mol. The summed E-state index contributed by atoms with van der Waals surface area (Å²) in [4.78, 5) is 4.31. The molecular formula is C11H12N2O. The number of hydrogen-bond donors (Lipinski definition) is 1. The predicted octanol–water partition coefficient (Wildman–Crippen LogP) is 2.29. The Bertz CT molecular complexity index is 454. The normalized spacial score (nSPS) is 10.1. The fourth-order valence-corrected chi connectivity index (χ4v) is 1.47. The van der Waals surface area contributed by atoms with Crippen LogP contribution in [-0.2, 0) is 0 Å². The topological polar surface area (TPSA) is 34.1 Å². The molecule has 0 aliphatic carbocycles. The zero-order chi connectivity index (χ0) is 9.97. The number of methoxy groups -OCH3 is 1. The molecule has 2 aromatic rings. The van der Waals surface area contributed by atoms with Gasteiger partial charge in [0.1, 0.15) is 5.75 Å². The van der Waals surface area contributed by atoms with Crippen LogP contribution in [0.25, 0.3) is 10.9 Å². The van der Waals surface area contributed by atoms with E-state index in [1.165, 1.54) is 0 Å². The number of anilines is 1. The quantitative estimate of drug-likeness (QED) is 0.785. The summed E-state index contributed by atoms with van der Waals surface area (Å²) >= 11 is 0. The van der Waals surface area contributed by atoms with Crippen molar-refractivity contribution in [2.75, 3.05) is 19.5 Å². The van der Waals surface area contributed by atoms with Gasteiger partial charge in [0.05, 0.1) is 18.3 Å². The minimum absolute atomic E-state index is 0.842. The third kappa shape index (κ3) is 1.37. The average Bonchev–Trinajstić information content (AvgIpc) is 2.27. The van der Waals surface area contributed by atoms with Gasteiger partial charge in [0.15, 0.2) is 0 Å². The van der Waals surface area contributed by atoms with Gasteiger partial charge in [0.25, 0.3) is 0 Å². The van der Waals surface area contributed by atoms with Crippen LogP contribution in [0.15, 0.2) is 30.5 Å². The van der Waals surface area contributed by atoms with Crippen LogP contribution >= 0.6 is 0 Å². The Morgan fingerprint density at radius 1 is 1.36 bits per heavy atom. The van der Waals surface area contributed by atoms with Gasteiger partial charge in [0.2, 0.25) is 0 Å². The van der Waals surface area contributed by atoms with E-state index in [-0.39, 0.29) is 0 Å². The Morgan fingerprint density at radius 3 is 2.93 bits per heavy atom. The lowest BCUT2D eigenvalue weighted by Gasteiger charge is -2.07. The fraction of sp³-hybridized carbons (Fsp3) is 0.182. The molecule has 1 N–H and O–H groups in total. The molecule has 1 aromatic carbocycles. The fourth-order valence-electron chi connectivity index (χ4n) is 1.47. The molecule has 1 heterocycles. The van der Waals surface area contributed by atoms with Gasteiger partial charge in [0, 0.05) is 24.7 Å². The van der Waals surface area contributed by atoms with Gasteiger partial charge in [-0.3, -0.25) is 4.98 Å². The first-order valence-electron chi connectivity index (χ1n) is 4.45. The first-order valence-corrected chi connectivity index (χ1v) is 4.45. The maximum atomic E-state index is 5.20. The molecular weight excluding hydrogens is 176 g/mol. The number of hydrogen-bond acceptors (Lipinski definition) is 3. The SMILES string of the molecule is CNc1cc(OC)cc2cccnc12. The standard InChI is InChI=1S/C11H12N2O/c1-12-10-7-9(14-2)6-8-4-3-5-13-11(8)10/h3-7,12H,1-2H3. The van der Waals surface area contributed by atoms with E-state index in [1.807, 2.05) is 31.3 Å². The van der Waals surface area contributed by atoms with Crippen LogP contribution < -0.4 is 10.1 Å². The molecule has 72 valence electrons. The van der Waals surface area contributed by atoms with E-state index in [1.54, 1.807) is 13.3 Å². The lowest BCUT2D eigenvalue weighted by atomic mass is 10.2. The third-order valence-corrected chi connectivity index (χ3v) is 2.18. The number of fused-ring (bicyclic) bond motifs is 1. The highest BCUT2D eigenvalue weighted by Gasteiger charge is 2.03. The van der Waals surface area contributed by atoms with Crippen molar-refractivity contribution in [2.24, 2.45) is 0 Å². The van der Waals surface area contributed by atoms with Gasteiger partial charge in [-0.2, -0.15) is 0 Å². The van der Waals surface area contributed by atoms with Gasteiger partial charge < -0.3 is 10.1 Å². The van der Waals surface area contributed by atoms with Gasteiger partial charge >= 0.3 is 0 Å². The molecule has 0 unspecified atom stereocenters. The van der Waals surface area contributed by atoms with Crippen LogP contribution in [0, 0.1) is 0 Å². The van der Waals surface area contributed by atoms with Crippen molar-refractivity contribution in [2.45, 2.75) is 0 Å². The molecule has 0 saturated carbocycles. The van der Waals surface area contributed by atoms with Crippen molar-refractivity contribution in [1.82, 2.24) is 4.98 Å². The third-order valence-electron chi connectivity index (χ3n) is 2.18. The lowest BCUT2D eigenvalue weighted by Crippen LogP contribution is -1.93. The summed E-state index contributed by atoms with van der Waals surface area (Å²) in [6.45, 7) is 0. The zero-order valence-corrected chi connectivity index (χ0v) is 8.24. The van der Waals surface area contributed by atoms with Crippen molar-refractivity contribution in [3.8, 4) is 5.75 Å². The summed E-state index contributed by atoms with van der Waals surface area (Å²) in [5.74, 6) is 0.842. The molecule has 0 saturated heterocycles. The highest BCUT2D eigenvalue weighted by molar-refractivity contribution is 5.91. The smallest absolute Gasteiger partial charge is 0.121 e. The molecule has 3 heteroatoms. The second-order valence-corrected chi connectivity index (χ2v) is 3.00. The minimum atomic E-state index is 0.842. The van der Waals surface area contributed by atoms with E-state index >= 15 is 0 Å². The monoisotopic (exact) mass is 188 g/mol. The van der Waals surface area contributed by atoms with Crippen molar-refractivity contribution >= 4 is 16.6 Å². The van der Waals surface area contributed by atoms with Crippen LogP contribution in [0.4, 0.5) is 5.69 Å². The summed E-state index contributed by atoms with van der Waals surface area (Å²) in [5, 5.41) is 4.18. The molecule has 0 aliphatic heterocycles. The van der Waals surface area contributed by atoms with Crippen LogP contribution in [0.1, 0.15) is 0 Å². The number of rotatable bonds is 2. The first kappa shape index (κ1) is 8.81. The number of nitrogens with one attached hydrogen (secondary N) is 1. The van der Waals surface area contributed by atoms with Crippen LogP contribution in [0.2, 0.25) is 0 Å². The molecule has 1 aromatic heterocycles. The Morgan fingerprint density at radius 2 is 2.21 bits per heavy atom. The second-order valence-electron chi connectivity index (χ2n) is 3.00. The van der Waals surface area contributed by atoms with Gasteiger partial charge in [-0.1, -0.05) is 6.07 Å². The Labute approximate surface area is 82.7 Å². The summed E-state index contributed by atoms with van der Waals surface area (Å²) in [7, 11) is 3.54. The van der Waals surface area contributed by atoms with Crippen LogP contribution in [-0.4, -0.2) is 19.1 Å². The summed E-state index contributed by atoms with van der Waals surface area (Å²) in [5.41, 5.74) is 1.95. The van der Waals surface area contributed by atoms with Crippen molar-refractivity contribution < 1.29 is 4.74 Å². The number of aromatic nitrogens is 1. The molecule has 0 fully saturated rings. The highest BCUT2D eigenvalue weighted by Crippen LogP contribution is 2.26. The molecule has 0 spiro atoms. The van der Waals surface area contributed by atoms with E-state index in [0.717, 1.165) is 22.3 Å². The summed E-state index contributed by atoms with van der Waals surface area (Å²) in [6.07, 6.45) is 1.79. The highest BCUT2D eigenvalue weighted by atomic mass is 16.5. The first-order chi connectivity index (χ1) is 6.85. The molecule has 0 bridgehead atoms. The zero-order valence-electron chi connectivity index (χ0n) is 8.24. The van der Waals surface area contributed by atoms with Gasteiger partial charge in [-0.25, -0.2) is 0 Å². The van der Waals surface area contributed by atoms with Crippen LogP contribution in [0.3, 0.4) is 0 Å². The van der Waals surface area contributed by atoms with Crippen LogP contribution in [0.5, 0.6) is 5.75 Å². The molecule has 3 nitrogen and oxygen atoms in total. The molecule has 0 radical (unpaired) electrons. The van der Waals surface area contributed by atoms with Crippen molar-refractivity contribution in [1.29, 1.82) is 0 Å². The van der Waals surface area contributed by atoms with E-state index in [2.05, 4.69) is 10.3 Å². The Kier molecular flexibility index (Phi) is 2.23. The van der Waals surface area contributed by atoms with Crippen molar-refractivity contribution in [3.05, 3.63) is 30.5 Å². The van der Waals surface area contributed by atoms with E-state index in [4.69, 9.17) is 4.74 Å². The summed E-state index contributed by atoms with van der Waals surface area (Å²) in [6, 6.07) is 7.85. The molecule has 0 atom stereocenters. The molecule has 14 heavy (non-hydrogen) atoms. The van der Waals surface area contributed by atoms with E-state index in [0.29, 0.717) is 0 Å². The minimum Gasteiger partial charge on any atom is -0.497 e. The maximum absolute atomic E-state index is 5.20. The van der Waals surface area contributed by atoms with Gasteiger partial charge in [-0.05, 0) is 12.1 Å². The molecule has 0 aliphatic rings. The summed E-state index contributed by atoms with van der Waals surface area (Å²) < 4.78 is 5.20. The molecule has 2 rings (SSSR count). The maximum Gasteiger partial charge on any atom is 0.121 e. The second kappa shape index (κ2) is 3.54. The molecule has 0 amide bonds. The van der Waals surface area contributed by atoms with E-state index in [9.17, 15) is 0 Å². The number of nitrogens with zero attached hydrogens (tertiary/aromatic N) is 1. The largest absolute Gasteiger partial charge is 0.497 e. The van der Waals surface area contributed by atoms with E-state index < -0.39 is 0 Å². The lowest BCUT2D eigenvalue weighted by molar-refractivity contribution is 0.415. The van der Waals surface area contributed by atoms with Gasteiger partial charge in [-0.15, -0.1) is 0 Å². The Hall–Kier alpha value is -1.77. The van der Waals surface area contributed by atoms with Crippen molar-refractivity contribution in [3.63, 3.8) is 0 Å².